The maximum atomic E-state index is 12.9. The van der Waals surface area contributed by atoms with E-state index in [0.717, 1.165) is 122 Å². The standard InChI is InChI=1S/C77H126O6/c1-4-7-10-13-16-19-22-25-28-31-34-37-38-41-43-46-49-52-55-58-61-64-67-70-76(79)82-73-74(83-77(80)71-68-65-62-59-56-53-50-47-44-40-36-33-30-27-24-21-18-15-12-9-6-3)72-81-75(78)69-66-63-60-57-54-51-48-45-42-39-35-32-29-26-23-20-17-14-11-8-5-2/h7,9-10,12,16,18-19,21,23,25-28,30,32,34-37,40,47,50,56,59,74H,4-6,8,11,13-15,17,20,22,24,29,31,33,38-39,41-46,48-49,51-55,57-58,60-73H2,1-3H3/b10-7-,12-9-,19-16-,21-18-,26-23-,28-25-,30-27-,35-32-,37-34-,40-36-,50-47-,59-56-. The highest BCUT2D eigenvalue weighted by Crippen LogP contribution is 2.16. The predicted molar refractivity (Wildman–Crippen MR) is 362 cm³/mol. The molecule has 0 amide bonds. The van der Waals surface area contributed by atoms with Crippen molar-refractivity contribution in [1.29, 1.82) is 0 Å². The number of hydrogen-bond donors (Lipinski definition) is 0. The molecule has 0 radical (unpaired) electrons. The van der Waals surface area contributed by atoms with E-state index in [1.54, 1.807) is 0 Å². The third-order valence-corrected chi connectivity index (χ3v) is 14.3. The monoisotopic (exact) mass is 1150 g/mol. The lowest BCUT2D eigenvalue weighted by Crippen LogP contribution is -2.30. The Balaban J connectivity index is 4.49. The molecule has 0 spiro atoms. The van der Waals surface area contributed by atoms with Crippen LogP contribution < -0.4 is 0 Å². The molecule has 0 aliphatic carbocycles. The summed E-state index contributed by atoms with van der Waals surface area (Å²) in [5.41, 5.74) is 0. The Morgan fingerprint density at radius 1 is 0.253 bits per heavy atom. The topological polar surface area (TPSA) is 78.9 Å². The van der Waals surface area contributed by atoms with Crippen molar-refractivity contribution in [2.75, 3.05) is 13.2 Å². The van der Waals surface area contributed by atoms with Crippen molar-refractivity contribution in [2.45, 2.75) is 309 Å². The third kappa shape index (κ3) is 68.0. The summed E-state index contributed by atoms with van der Waals surface area (Å²) in [6, 6.07) is 0. The molecule has 0 aliphatic heterocycles. The van der Waals surface area contributed by atoms with E-state index >= 15 is 0 Å². The molecular weight excluding hydrogens is 1020 g/mol. The van der Waals surface area contributed by atoms with Crippen LogP contribution in [0, 0.1) is 0 Å². The van der Waals surface area contributed by atoms with Crippen molar-refractivity contribution in [3.63, 3.8) is 0 Å². The van der Waals surface area contributed by atoms with Gasteiger partial charge in [-0.3, -0.25) is 14.4 Å². The highest BCUT2D eigenvalue weighted by atomic mass is 16.6. The summed E-state index contributed by atoms with van der Waals surface area (Å²) < 4.78 is 16.9. The van der Waals surface area contributed by atoms with Gasteiger partial charge in [0.15, 0.2) is 6.10 Å². The SMILES string of the molecule is CC/C=C\C/C=C\C/C=C\C/C=C\C/C=C\C/C=C\CCCCC(=O)OC(COC(=O)CCCCCCCCCCC/C=C\C/C=C\CCCCCCC)COC(=O)CCCCCCCCCCCC/C=C\C/C=C\C/C=C\C/C=C\CC. The fourth-order valence-electron chi connectivity index (χ4n) is 9.23. The number of rotatable bonds is 61. The van der Waals surface area contributed by atoms with Gasteiger partial charge >= 0.3 is 17.9 Å². The van der Waals surface area contributed by atoms with Gasteiger partial charge in [0, 0.05) is 19.3 Å². The summed E-state index contributed by atoms with van der Waals surface area (Å²) in [5.74, 6) is -0.950. The van der Waals surface area contributed by atoms with E-state index in [1.807, 2.05) is 0 Å². The Labute approximate surface area is 512 Å². The van der Waals surface area contributed by atoms with Crippen LogP contribution in [0.2, 0.25) is 0 Å². The molecule has 0 aromatic heterocycles. The van der Waals surface area contributed by atoms with Crippen molar-refractivity contribution in [1.82, 2.24) is 0 Å². The number of hydrogen-bond acceptors (Lipinski definition) is 6. The van der Waals surface area contributed by atoms with E-state index in [4.69, 9.17) is 14.2 Å². The van der Waals surface area contributed by atoms with Gasteiger partial charge in [-0.2, -0.15) is 0 Å². The fourth-order valence-corrected chi connectivity index (χ4v) is 9.23. The predicted octanol–water partition coefficient (Wildman–Crippen LogP) is 23.9. The van der Waals surface area contributed by atoms with Crippen LogP contribution >= 0.6 is 0 Å². The van der Waals surface area contributed by atoms with E-state index in [1.165, 1.54) is 135 Å². The smallest absolute Gasteiger partial charge is 0.306 e. The van der Waals surface area contributed by atoms with Crippen LogP contribution in [0.1, 0.15) is 303 Å². The Hall–Kier alpha value is -4.71. The van der Waals surface area contributed by atoms with Gasteiger partial charge in [0.1, 0.15) is 13.2 Å². The second-order valence-electron chi connectivity index (χ2n) is 22.3. The highest BCUT2D eigenvalue weighted by molar-refractivity contribution is 5.71. The zero-order valence-corrected chi connectivity index (χ0v) is 53.9. The van der Waals surface area contributed by atoms with Crippen LogP contribution in [-0.4, -0.2) is 37.2 Å². The number of unbranched alkanes of at least 4 members (excludes halogenated alkanes) is 26. The van der Waals surface area contributed by atoms with Gasteiger partial charge in [-0.05, 0) is 141 Å². The molecule has 6 heteroatoms. The first-order valence-electron chi connectivity index (χ1n) is 34.3. The minimum atomic E-state index is -0.813. The molecule has 0 aliphatic rings. The Morgan fingerprint density at radius 2 is 0.470 bits per heavy atom. The first-order chi connectivity index (χ1) is 41.0. The quantitative estimate of drug-likeness (QED) is 0.0261. The molecule has 0 aromatic carbocycles. The van der Waals surface area contributed by atoms with E-state index in [9.17, 15) is 14.4 Å². The second kappa shape index (κ2) is 69.8. The molecule has 1 atom stereocenters. The Morgan fingerprint density at radius 3 is 0.759 bits per heavy atom. The summed E-state index contributed by atoms with van der Waals surface area (Å²) in [5, 5.41) is 0. The normalized spacial score (nSPS) is 13.0. The van der Waals surface area contributed by atoms with Crippen molar-refractivity contribution in [3.8, 4) is 0 Å². The summed E-state index contributed by atoms with van der Waals surface area (Å²) in [6.45, 7) is 6.38. The molecule has 470 valence electrons. The lowest BCUT2D eigenvalue weighted by molar-refractivity contribution is -0.167. The highest BCUT2D eigenvalue weighted by Gasteiger charge is 2.19. The van der Waals surface area contributed by atoms with Gasteiger partial charge in [0.2, 0.25) is 0 Å². The van der Waals surface area contributed by atoms with E-state index in [0.29, 0.717) is 19.3 Å². The van der Waals surface area contributed by atoms with Crippen LogP contribution in [0.4, 0.5) is 0 Å². The molecule has 0 heterocycles. The molecule has 6 nitrogen and oxygen atoms in total. The molecule has 0 N–H and O–H groups in total. The fraction of sp³-hybridized carbons (Fsp3) is 0.649. The zero-order valence-electron chi connectivity index (χ0n) is 53.9. The first-order valence-corrected chi connectivity index (χ1v) is 34.3. The molecule has 0 bridgehead atoms. The van der Waals surface area contributed by atoms with Crippen molar-refractivity contribution < 1.29 is 28.6 Å². The van der Waals surface area contributed by atoms with Crippen LogP contribution in [0.15, 0.2) is 146 Å². The molecule has 0 saturated heterocycles. The molecule has 0 aromatic rings. The average molecular weight is 1150 g/mol. The van der Waals surface area contributed by atoms with Gasteiger partial charge in [0.05, 0.1) is 0 Å². The van der Waals surface area contributed by atoms with Gasteiger partial charge in [-0.1, -0.05) is 289 Å². The van der Waals surface area contributed by atoms with Crippen LogP contribution in [0.25, 0.3) is 0 Å². The van der Waals surface area contributed by atoms with E-state index < -0.39 is 6.10 Å². The molecule has 83 heavy (non-hydrogen) atoms. The first kappa shape index (κ1) is 78.3. The number of carbonyl (C=O) groups is 3. The lowest BCUT2D eigenvalue weighted by Gasteiger charge is -2.18. The largest absolute Gasteiger partial charge is 0.462 e. The molecule has 0 fully saturated rings. The van der Waals surface area contributed by atoms with Gasteiger partial charge in [0.25, 0.3) is 0 Å². The molecule has 1 unspecified atom stereocenters. The van der Waals surface area contributed by atoms with Crippen molar-refractivity contribution in [3.05, 3.63) is 146 Å². The maximum absolute atomic E-state index is 12.9. The number of ether oxygens (including phenoxy) is 3. The van der Waals surface area contributed by atoms with E-state index in [-0.39, 0.29) is 37.5 Å². The van der Waals surface area contributed by atoms with Crippen molar-refractivity contribution in [2.24, 2.45) is 0 Å². The Bertz CT molecular complexity index is 1800. The average Bonchev–Trinajstić information content (AvgIpc) is 3.49. The number of allylic oxidation sites excluding steroid dienone is 24. The van der Waals surface area contributed by atoms with Gasteiger partial charge in [-0.15, -0.1) is 0 Å². The van der Waals surface area contributed by atoms with E-state index in [2.05, 4.69) is 167 Å². The minimum absolute atomic E-state index is 0.103. The number of carbonyl (C=O) groups excluding carboxylic acids is 3. The maximum Gasteiger partial charge on any atom is 0.306 e. The van der Waals surface area contributed by atoms with Gasteiger partial charge < -0.3 is 14.2 Å². The zero-order chi connectivity index (χ0) is 59.9. The van der Waals surface area contributed by atoms with Crippen LogP contribution in [0.5, 0.6) is 0 Å². The molecular formula is C77H126O6. The van der Waals surface area contributed by atoms with Crippen LogP contribution in [0.3, 0.4) is 0 Å². The molecule has 0 rings (SSSR count). The minimum Gasteiger partial charge on any atom is -0.462 e. The van der Waals surface area contributed by atoms with Crippen molar-refractivity contribution >= 4 is 17.9 Å². The second-order valence-corrected chi connectivity index (χ2v) is 22.3. The summed E-state index contributed by atoms with van der Waals surface area (Å²) in [4.78, 5) is 38.5. The third-order valence-electron chi connectivity index (χ3n) is 14.3. The lowest BCUT2D eigenvalue weighted by atomic mass is 10.1. The molecule has 0 saturated carbocycles. The van der Waals surface area contributed by atoms with Crippen LogP contribution in [-0.2, 0) is 28.6 Å². The Kier molecular flexibility index (Phi) is 65.8. The summed E-state index contributed by atoms with van der Waals surface area (Å²) in [6.07, 6.45) is 100.0. The number of esters is 3. The summed E-state index contributed by atoms with van der Waals surface area (Å²) in [7, 11) is 0. The van der Waals surface area contributed by atoms with Gasteiger partial charge in [-0.25, -0.2) is 0 Å². The summed E-state index contributed by atoms with van der Waals surface area (Å²) >= 11 is 0.